The van der Waals surface area contributed by atoms with Gasteiger partial charge in [-0.25, -0.2) is 0 Å². The predicted octanol–water partition coefficient (Wildman–Crippen LogP) is 1.87. The van der Waals surface area contributed by atoms with E-state index in [-0.39, 0.29) is 5.92 Å². The van der Waals surface area contributed by atoms with Gasteiger partial charge in [-0.05, 0) is 25.0 Å². The number of aliphatic carboxylic acids is 1. The largest absolute Gasteiger partial charge is 0.495 e. The second kappa shape index (κ2) is 5.61. The first-order valence-corrected chi connectivity index (χ1v) is 6.21. The van der Waals surface area contributed by atoms with Crippen LogP contribution in [0.4, 0.5) is 5.69 Å². The Labute approximate surface area is 112 Å². The molecule has 0 amide bonds. The van der Waals surface area contributed by atoms with E-state index >= 15 is 0 Å². The van der Waals surface area contributed by atoms with Crippen molar-refractivity contribution in [3.05, 3.63) is 23.8 Å². The number of anilines is 1. The molecule has 0 spiro atoms. The molecule has 0 unspecified atom stereocenters. The molecule has 1 aromatic carbocycles. The van der Waals surface area contributed by atoms with Crippen molar-refractivity contribution in [1.82, 2.24) is 0 Å². The van der Waals surface area contributed by atoms with E-state index in [4.69, 9.17) is 15.1 Å². The Morgan fingerprint density at radius 2 is 2.16 bits per heavy atom. The van der Waals surface area contributed by atoms with Crippen LogP contribution in [0.1, 0.15) is 18.4 Å². The molecule has 0 bridgehead atoms. The molecule has 5 heteroatoms. The summed E-state index contributed by atoms with van der Waals surface area (Å²) in [5.41, 5.74) is 1.48. The monoisotopic (exact) mass is 260 g/mol. The molecule has 1 heterocycles. The van der Waals surface area contributed by atoms with Gasteiger partial charge in [0, 0.05) is 24.8 Å². The summed E-state index contributed by atoms with van der Waals surface area (Å²) in [6, 6.07) is 7.52. The molecular formula is C14H16N2O3. The predicted molar refractivity (Wildman–Crippen MR) is 70.3 cm³/mol. The molecule has 0 atom stereocenters. The van der Waals surface area contributed by atoms with E-state index in [9.17, 15) is 4.79 Å². The number of carboxylic acids is 1. The van der Waals surface area contributed by atoms with Gasteiger partial charge in [0.15, 0.2) is 0 Å². The van der Waals surface area contributed by atoms with Gasteiger partial charge in [0.2, 0.25) is 0 Å². The summed E-state index contributed by atoms with van der Waals surface area (Å²) >= 11 is 0. The molecule has 2 rings (SSSR count). The van der Waals surface area contributed by atoms with E-state index in [0.29, 0.717) is 37.2 Å². The minimum Gasteiger partial charge on any atom is -0.495 e. The van der Waals surface area contributed by atoms with Crippen molar-refractivity contribution in [2.75, 3.05) is 25.1 Å². The Bertz CT molecular complexity index is 514. The molecule has 1 saturated heterocycles. The minimum absolute atomic E-state index is 0.239. The van der Waals surface area contributed by atoms with Gasteiger partial charge in [-0.1, -0.05) is 0 Å². The van der Waals surface area contributed by atoms with Gasteiger partial charge in [0.05, 0.1) is 18.6 Å². The number of carboxylic acid groups (broad SMARTS) is 1. The van der Waals surface area contributed by atoms with Gasteiger partial charge in [-0.15, -0.1) is 0 Å². The summed E-state index contributed by atoms with van der Waals surface area (Å²) in [7, 11) is 1.54. The Kier molecular flexibility index (Phi) is 3.91. The average molecular weight is 260 g/mol. The van der Waals surface area contributed by atoms with E-state index in [1.807, 2.05) is 12.1 Å². The van der Waals surface area contributed by atoms with Crippen LogP contribution in [0.2, 0.25) is 0 Å². The number of nitrogens with zero attached hydrogens (tertiary/aromatic N) is 2. The summed E-state index contributed by atoms with van der Waals surface area (Å²) < 4.78 is 5.18. The molecule has 0 aliphatic carbocycles. The smallest absolute Gasteiger partial charge is 0.306 e. The second-order valence-electron chi connectivity index (χ2n) is 4.60. The number of rotatable bonds is 3. The number of benzene rings is 1. The lowest BCUT2D eigenvalue weighted by atomic mass is 9.96. The Hall–Kier alpha value is -2.22. The number of methoxy groups -OCH3 is 1. The molecular weight excluding hydrogens is 244 g/mol. The van der Waals surface area contributed by atoms with Crippen LogP contribution in [0.15, 0.2) is 18.2 Å². The van der Waals surface area contributed by atoms with E-state index in [1.165, 1.54) is 7.11 Å². The zero-order valence-corrected chi connectivity index (χ0v) is 10.8. The van der Waals surface area contributed by atoms with Crippen LogP contribution in [0.3, 0.4) is 0 Å². The molecule has 0 aromatic heterocycles. The Balaban J connectivity index is 2.12. The maximum Gasteiger partial charge on any atom is 0.306 e. The zero-order valence-electron chi connectivity index (χ0n) is 10.8. The van der Waals surface area contributed by atoms with Crippen molar-refractivity contribution in [3.8, 4) is 11.8 Å². The fraction of sp³-hybridized carbons (Fsp3) is 0.429. The highest BCUT2D eigenvalue weighted by Gasteiger charge is 2.24. The molecule has 5 nitrogen and oxygen atoms in total. The average Bonchev–Trinajstić information content (AvgIpc) is 2.46. The Morgan fingerprint density at radius 3 is 2.68 bits per heavy atom. The maximum atomic E-state index is 10.9. The highest BCUT2D eigenvalue weighted by Crippen LogP contribution is 2.28. The SMILES string of the molecule is COc1cc(N2CCC(C(=O)O)CC2)ccc1C#N. The molecule has 1 fully saturated rings. The first-order valence-electron chi connectivity index (χ1n) is 6.21. The molecule has 1 aliphatic heterocycles. The number of carbonyl (C=O) groups is 1. The lowest BCUT2D eigenvalue weighted by Gasteiger charge is -2.32. The molecule has 19 heavy (non-hydrogen) atoms. The summed E-state index contributed by atoms with van der Waals surface area (Å²) in [5.74, 6) is -0.394. The van der Waals surface area contributed by atoms with Gasteiger partial charge in [0.1, 0.15) is 11.8 Å². The molecule has 1 N–H and O–H groups in total. The van der Waals surface area contributed by atoms with Crippen molar-refractivity contribution in [2.24, 2.45) is 5.92 Å². The lowest BCUT2D eigenvalue weighted by Crippen LogP contribution is -2.36. The third-order valence-electron chi connectivity index (χ3n) is 3.51. The molecule has 0 saturated carbocycles. The lowest BCUT2D eigenvalue weighted by molar-refractivity contribution is -0.142. The number of piperidine rings is 1. The van der Waals surface area contributed by atoms with Crippen LogP contribution in [-0.4, -0.2) is 31.3 Å². The van der Waals surface area contributed by atoms with Crippen molar-refractivity contribution < 1.29 is 14.6 Å². The fourth-order valence-corrected chi connectivity index (χ4v) is 2.35. The van der Waals surface area contributed by atoms with Crippen LogP contribution in [0.25, 0.3) is 0 Å². The second-order valence-corrected chi connectivity index (χ2v) is 4.60. The maximum absolute atomic E-state index is 10.9. The standard InChI is InChI=1S/C14H16N2O3/c1-19-13-8-12(3-2-11(13)9-15)16-6-4-10(5-7-16)14(17)18/h2-3,8,10H,4-7H2,1H3,(H,17,18). The summed E-state index contributed by atoms with van der Waals surface area (Å²) in [6.45, 7) is 1.43. The van der Waals surface area contributed by atoms with Crippen LogP contribution in [0, 0.1) is 17.2 Å². The quantitative estimate of drug-likeness (QED) is 0.898. The van der Waals surface area contributed by atoms with Gasteiger partial charge in [-0.2, -0.15) is 5.26 Å². The summed E-state index contributed by atoms with van der Waals surface area (Å²) in [4.78, 5) is 13.0. The van der Waals surface area contributed by atoms with Crippen LogP contribution in [0.5, 0.6) is 5.75 Å². The highest BCUT2D eigenvalue weighted by molar-refractivity contribution is 5.70. The van der Waals surface area contributed by atoms with Crippen LogP contribution in [-0.2, 0) is 4.79 Å². The number of hydrogen-bond acceptors (Lipinski definition) is 4. The zero-order chi connectivity index (χ0) is 13.8. The van der Waals surface area contributed by atoms with Crippen molar-refractivity contribution in [2.45, 2.75) is 12.8 Å². The minimum atomic E-state index is -0.711. The van der Waals surface area contributed by atoms with E-state index in [2.05, 4.69) is 11.0 Å². The molecule has 100 valence electrons. The molecule has 1 aliphatic rings. The van der Waals surface area contributed by atoms with Crippen LogP contribution >= 0.6 is 0 Å². The first kappa shape index (κ1) is 13.2. The van der Waals surface area contributed by atoms with E-state index in [0.717, 1.165) is 5.69 Å². The highest BCUT2D eigenvalue weighted by atomic mass is 16.5. The number of ether oxygens (including phenoxy) is 1. The van der Waals surface area contributed by atoms with Gasteiger partial charge in [0.25, 0.3) is 0 Å². The third kappa shape index (κ3) is 2.79. The van der Waals surface area contributed by atoms with E-state index in [1.54, 1.807) is 6.07 Å². The van der Waals surface area contributed by atoms with Crippen molar-refractivity contribution in [1.29, 1.82) is 5.26 Å². The van der Waals surface area contributed by atoms with E-state index < -0.39 is 5.97 Å². The van der Waals surface area contributed by atoms with Gasteiger partial charge in [-0.3, -0.25) is 4.79 Å². The normalized spacial score (nSPS) is 15.9. The Morgan fingerprint density at radius 1 is 1.47 bits per heavy atom. The molecule has 0 radical (unpaired) electrons. The fourth-order valence-electron chi connectivity index (χ4n) is 2.35. The number of hydrogen-bond donors (Lipinski definition) is 1. The van der Waals surface area contributed by atoms with Crippen molar-refractivity contribution >= 4 is 11.7 Å². The van der Waals surface area contributed by atoms with Gasteiger partial charge >= 0.3 is 5.97 Å². The summed E-state index contributed by atoms with van der Waals surface area (Å²) in [6.07, 6.45) is 1.30. The third-order valence-corrected chi connectivity index (χ3v) is 3.51. The first-order chi connectivity index (χ1) is 9.15. The number of nitriles is 1. The summed E-state index contributed by atoms with van der Waals surface area (Å²) in [5, 5.41) is 17.9. The topological polar surface area (TPSA) is 73.6 Å². The van der Waals surface area contributed by atoms with Gasteiger partial charge < -0.3 is 14.7 Å². The molecule has 1 aromatic rings. The van der Waals surface area contributed by atoms with Crippen LogP contribution < -0.4 is 9.64 Å². The van der Waals surface area contributed by atoms with Crippen molar-refractivity contribution in [3.63, 3.8) is 0 Å².